The average Bonchev–Trinajstić information content (AvgIpc) is 3.07. The average molecular weight is 426 g/mol. The summed E-state index contributed by atoms with van der Waals surface area (Å²) in [6.45, 7) is 1.64. The number of hydrogen-bond acceptors (Lipinski definition) is 4. The van der Waals surface area contributed by atoms with Crippen molar-refractivity contribution >= 4 is 17.5 Å². The van der Waals surface area contributed by atoms with Crippen LogP contribution in [-0.4, -0.2) is 41.3 Å². The Bertz CT molecular complexity index is 1160. The molecule has 2 amide bonds. The lowest BCUT2D eigenvalue weighted by Gasteiger charge is -2.20. The summed E-state index contributed by atoms with van der Waals surface area (Å²) in [5, 5.41) is 6.85. The van der Waals surface area contributed by atoms with Crippen LogP contribution in [0.4, 0.5) is 14.5 Å². The molecule has 0 fully saturated rings. The third-order valence-corrected chi connectivity index (χ3v) is 5.11. The Morgan fingerprint density at radius 2 is 2.00 bits per heavy atom. The van der Waals surface area contributed by atoms with Crippen molar-refractivity contribution in [1.29, 1.82) is 0 Å². The van der Waals surface area contributed by atoms with E-state index in [2.05, 4.69) is 10.4 Å². The highest BCUT2D eigenvalue weighted by molar-refractivity contribution is 6.02. The van der Waals surface area contributed by atoms with Gasteiger partial charge in [0.15, 0.2) is 0 Å². The van der Waals surface area contributed by atoms with E-state index in [1.54, 1.807) is 38.2 Å². The van der Waals surface area contributed by atoms with Gasteiger partial charge in [-0.1, -0.05) is 12.1 Å². The van der Waals surface area contributed by atoms with Gasteiger partial charge in [0.2, 0.25) is 0 Å². The molecule has 0 aliphatic carbocycles. The van der Waals surface area contributed by atoms with Crippen molar-refractivity contribution < 1.29 is 23.1 Å². The lowest BCUT2D eigenvalue weighted by atomic mass is 10.2. The molecular weight excluding hydrogens is 406 g/mol. The SMILES string of the molecule is Cc1cc(C(=O)NC2COc3ccccc3N(C)C2=O)nn1Cc1cc(F)ccc1F. The van der Waals surface area contributed by atoms with Gasteiger partial charge in [0, 0.05) is 18.3 Å². The Morgan fingerprint density at radius 1 is 1.23 bits per heavy atom. The molecule has 2 aromatic carbocycles. The smallest absolute Gasteiger partial charge is 0.272 e. The maximum Gasteiger partial charge on any atom is 0.272 e. The van der Waals surface area contributed by atoms with Gasteiger partial charge in [0.05, 0.1) is 12.2 Å². The first kappa shape index (κ1) is 20.5. The summed E-state index contributed by atoms with van der Waals surface area (Å²) >= 11 is 0. The summed E-state index contributed by atoms with van der Waals surface area (Å²) in [6, 6.07) is 10.9. The van der Waals surface area contributed by atoms with Crippen LogP contribution < -0.4 is 15.0 Å². The monoisotopic (exact) mass is 426 g/mol. The van der Waals surface area contributed by atoms with Gasteiger partial charge < -0.3 is 15.0 Å². The Labute approximate surface area is 177 Å². The van der Waals surface area contributed by atoms with E-state index < -0.39 is 23.6 Å². The molecule has 160 valence electrons. The van der Waals surface area contributed by atoms with E-state index in [0.717, 1.165) is 18.2 Å². The number of halogens is 2. The number of hydrogen-bond donors (Lipinski definition) is 1. The highest BCUT2D eigenvalue weighted by Crippen LogP contribution is 2.29. The molecule has 1 aromatic heterocycles. The summed E-state index contributed by atoms with van der Waals surface area (Å²) in [5.41, 5.74) is 1.37. The minimum Gasteiger partial charge on any atom is -0.489 e. The zero-order chi connectivity index (χ0) is 22.1. The van der Waals surface area contributed by atoms with Crippen LogP contribution in [0.5, 0.6) is 5.75 Å². The molecule has 4 rings (SSSR count). The Hall–Kier alpha value is -3.75. The number of aryl methyl sites for hydroxylation is 1. The van der Waals surface area contributed by atoms with E-state index in [4.69, 9.17) is 4.74 Å². The van der Waals surface area contributed by atoms with Gasteiger partial charge in [-0.25, -0.2) is 8.78 Å². The van der Waals surface area contributed by atoms with Crippen LogP contribution in [0, 0.1) is 18.6 Å². The lowest BCUT2D eigenvalue weighted by molar-refractivity contribution is -0.120. The first-order valence-electron chi connectivity index (χ1n) is 9.62. The van der Waals surface area contributed by atoms with Crippen molar-refractivity contribution in [3.63, 3.8) is 0 Å². The van der Waals surface area contributed by atoms with Crippen LogP contribution in [0.1, 0.15) is 21.7 Å². The number of anilines is 1. The summed E-state index contributed by atoms with van der Waals surface area (Å²) in [7, 11) is 1.61. The molecule has 1 atom stereocenters. The van der Waals surface area contributed by atoms with Crippen LogP contribution in [0.2, 0.25) is 0 Å². The van der Waals surface area contributed by atoms with Crippen molar-refractivity contribution in [3.05, 3.63) is 77.1 Å². The van der Waals surface area contributed by atoms with E-state index >= 15 is 0 Å². The Balaban J connectivity index is 1.50. The van der Waals surface area contributed by atoms with Gasteiger partial charge in [-0.05, 0) is 43.3 Å². The van der Waals surface area contributed by atoms with E-state index in [-0.39, 0.29) is 30.3 Å². The first-order chi connectivity index (χ1) is 14.8. The number of likely N-dealkylation sites (N-methyl/N-ethyl adjacent to an activating group) is 1. The zero-order valence-corrected chi connectivity index (χ0v) is 16.9. The fourth-order valence-electron chi connectivity index (χ4n) is 3.40. The molecule has 0 bridgehead atoms. The molecule has 3 aromatic rings. The summed E-state index contributed by atoms with van der Waals surface area (Å²) in [6.07, 6.45) is 0. The third-order valence-electron chi connectivity index (χ3n) is 5.11. The molecule has 1 aliphatic heterocycles. The largest absolute Gasteiger partial charge is 0.489 e. The van der Waals surface area contributed by atoms with Gasteiger partial charge in [0.25, 0.3) is 11.8 Å². The topological polar surface area (TPSA) is 76.5 Å². The number of carbonyl (C=O) groups is 2. The van der Waals surface area contributed by atoms with Crippen LogP contribution >= 0.6 is 0 Å². The number of carbonyl (C=O) groups excluding carboxylic acids is 2. The molecule has 9 heteroatoms. The van der Waals surface area contributed by atoms with Crippen LogP contribution in [0.15, 0.2) is 48.5 Å². The summed E-state index contributed by atoms with van der Waals surface area (Å²) < 4.78 is 34.5. The predicted octanol–water partition coefficient (Wildman–Crippen LogP) is 2.67. The van der Waals surface area contributed by atoms with E-state index in [1.165, 1.54) is 15.6 Å². The second-order valence-corrected chi connectivity index (χ2v) is 7.27. The first-order valence-corrected chi connectivity index (χ1v) is 9.62. The van der Waals surface area contributed by atoms with Gasteiger partial charge in [-0.15, -0.1) is 0 Å². The molecular formula is C22H20F2N4O3. The number of ether oxygens (including phenoxy) is 1. The number of rotatable bonds is 4. The standard InChI is InChI=1S/C22H20F2N4O3/c1-13-9-17(26-28(13)11-14-10-15(23)7-8-16(14)24)21(29)25-18-12-31-20-6-4-3-5-19(20)27(2)22(18)30/h3-10,18H,11-12H2,1-2H3,(H,25,29). The molecule has 0 spiro atoms. The molecule has 31 heavy (non-hydrogen) atoms. The third kappa shape index (κ3) is 4.11. The maximum atomic E-state index is 13.9. The fraction of sp³-hybridized carbons (Fsp3) is 0.227. The predicted molar refractivity (Wildman–Crippen MR) is 109 cm³/mol. The molecule has 7 nitrogen and oxygen atoms in total. The second kappa shape index (κ2) is 8.17. The van der Waals surface area contributed by atoms with E-state index in [1.807, 2.05) is 0 Å². The van der Waals surface area contributed by atoms with Crippen molar-refractivity contribution in [2.24, 2.45) is 0 Å². The summed E-state index contributed by atoms with van der Waals surface area (Å²) in [4.78, 5) is 27.0. The van der Waals surface area contributed by atoms with Crippen molar-refractivity contribution in [2.75, 3.05) is 18.6 Å². The molecule has 0 radical (unpaired) electrons. The number of amides is 2. The van der Waals surface area contributed by atoms with Crippen LogP contribution in [-0.2, 0) is 11.3 Å². The molecule has 2 heterocycles. The minimum absolute atomic E-state index is 0.0277. The number of para-hydroxylation sites is 2. The summed E-state index contributed by atoms with van der Waals surface area (Å²) in [5.74, 6) is -1.46. The van der Waals surface area contributed by atoms with E-state index in [0.29, 0.717) is 17.1 Å². The van der Waals surface area contributed by atoms with Gasteiger partial charge >= 0.3 is 0 Å². The van der Waals surface area contributed by atoms with Crippen molar-refractivity contribution in [2.45, 2.75) is 19.5 Å². The van der Waals surface area contributed by atoms with Crippen LogP contribution in [0.3, 0.4) is 0 Å². The quantitative estimate of drug-likeness (QED) is 0.696. The number of fused-ring (bicyclic) bond motifs is 1. The van der Waals surface area contributed by atoms with Gasteiger partial charge in [-0.3, -0.25) is 14.3 Å². The highest BCUT2D eigenvalue weighted by Gasteiger charge is 2.31. The van der Waals surface area contributed by atoms with Gasteiger partial charge in [0.1, 0.15) is 35.7 Å². The molecule has 1 unspecified atom stereocenters. The Morgan fingerprint density at radius 3 is 2.81 bits per heavy atom. The molecule has 0 saturated carbocycles. The fourth-order valence-corrected chi connectivity index (χ4v) is 3.40. The minimum atomic E-state index is -0.906. The van der Waals surface area contributed by atoms with E-state index in [9.17, 15) is 18.4 Å². The van der Waals surface area contributed by atoms with Crippen molar-refractivity contribution in [3.8, 4) is 5.75 Å². The number of nitrogens with zero attached hydrogens (tertiary/aromatic N) is 3. The van der Waals surface area contributed by atoms with Gasteiger partial charge in [-0.2, -0.15) is 5.10 Å². The number of aromatic nitrogens is 2. The second-order valence-electron chi connectivity index (χ2n) is 7.27. The molecule has 1 aliphatic rings. The highest BCUT2D eigenvalue weighted by atomic mass is 19.1. The normalized spacial score (nSPS) is 15.8. The maximum absolute atomic E-state index is 13.9. The molecule has 1 N–H and O–H groups in total. The Kier molecular flexibility index (Phi) is 5.41. The number of benzene rings is 2. The van der Waals surface area contributed by atoms with Crippen LogP contribution in [0.25, 0.3) is 0 Å². The lowest BCUT2D eigenvalue weighted by Crippen LogP contribution is -2.49. The molecule has 0 saturated heterocycles. The number of nitrogens with one attached hydrogen (secondary N) is 1. The zero-order valence-electron chi connectivity index (χ0n) is 16.9. The van der Waals surface area contributed by atoms with Crippen molar-refractivity contribution in [1.82, 2.24) is 15.1 Å².